The Morgan fingerprint density at radius 2 is 2.09 bits per heavy atom. The van der Waals surface area contributed by atoms with Gasteiger partial charge in [0.25, 0.3) is 5.91 Å². The van der Waals surface area contributed by atoms with Crippen molar-refractivity contribution in [1.82, 2.24) is 5.32 Å². The van der Waals surface area contributed by atoms with Crippen LogP contribution in [0, 0.1) is 12.8 Å². The number of aryl methyl sites for hydroxylation is 1. The van der Waals surface area contributed by atoms with Crippen molar-refractivity contribution in [2.75, 3.05) is 13.7 Å². The van der Waals surface area contributed by atoms with Crippen LogP contribution in [0.1, 0.15) is 54.4 Å². The largest absolute Gasteiger partial charge is 0.497 e. The monoisotopic (exact) mass is 305 g/mol. The van der Waals surface area contributed by atoms with Gasteiger partial charge in [0.15, 0.2) is 0 Å². The van der Waals surface area contributed by atoms with Gasteiger partial charge in [-0.05, 0) is 55.9 Å². The van der Waals surface area contributed by atoms with E-state index >= 15 is 0 Å². The molecule has 2 rings (SSSR count). The lowest BCUT2D eigenvalue weighted by Crippen LogP contribution is -2.42. The summed E-state index contributed by atoms with van der Waals surface area (Å²) < 4.78 is 5.18. The first-order valence-electron chi connectivity index (χ1n) is 8.22. The number of amides is 1. The molecule has 0 bridgehead atoms. The van der Waals surface area contributed by atoms with Crippen LogP contribution >= 0.6 is 0 Å². The molecular formula is C18H27NO3. The number of aliphatic hydroxyl groups is 1. The van der Waals surface area contributed by atoms with Crippen LogP contribution in [0.25, 0.3) is 0 Å². The van der Waals surface area contributed by atoms with E-state index in [9.17, 15) is 9.90 Å². The maximum absolute atomic E-state index is 12.6. The lowest BCUT2D eigenvalue weighted by molar-refractivity contribution is 0.0899. The van der Waals surface area contributed by atoms with E-state index in [1.807, 2.05) is 19.1 Å². The third-order valence-corrected chi connectivity index (χ3v) is 4.65. The molecule has 4 heteroatoms. The Kier molecular flexibility index (Phi) is 6.25. The summed E-state index contributed by atoms with van der Waals surface area (Å²) in [5.74, 6) is 1.20. The third kappa shape index (κ3) is 4.23. The molecule has 22 heavy (non-hydrogen) atoms. The van der Waals surface area contributed by atoms with Crippen molar-refractivity contribution >= 4 is 5.91 Å². The quantitative estimate of drug-likeness (QED) is 0.849. The van der Waals surface area contributed by atoms with E-state index in [0.717, 1.165) is 24.2 Å². The second-order valence-electron chi connectivity index (χ2n) is 6.17. The highest BCUT2D eigenvalue weighted by molar-refractivity contribution is 5.96. The maximum Gasteiger partial charge on any atom is 0.251 e. The zero-order valence-corrected chi connectivity index (χ0v) is 13.6. The number of nitrogens with one attached hydrogen (secondary N) is 1. The summed E-state index contributed by atoms with van der Waals surface area (Å²) in [6, 6.07) is 5.56. The minimum absolute atomic E-state index is 0.0517. The van der Waals surface area contributed by atoms with Gasteiger partial charge in [0.2, 0.25) is 0 Å². The molecule has 1 aromatic rings. The predicted octanol–water partition coefficient (Wildman–Crippen LogP) is 3.06. The number of carbonyl (C=O) groups excluding carboxylic acids is 1. The molecule has 1 fully saturated rings. The van der Waals surface area contributed by atoms with Gasteiger partial charge >= 0.3 is 0 Å². The molecule has 4 nitrogen and oxygen atoms in total. The van der Waals surface area contributed by atoms with Gasteiger partial charge in [0.05, 0.1) is 7.11 Å². The van der Waals surface area contributed by atoms with E-state index in [0.29, 0.717) is 17.9 Å². The van der Waals surface area contributed by atoms with Crippen molar-refractivity contribution in [2.24, 2.45) is 5.92 Å². The minimum atomic E-state index is -0.0517. The number of aliphatic hydroxyl groups excluding tert-OH is 1. The molecule has 0 heterocycles. The number of rotatable bonds is 6. The van der Waals surface area contributed by atoms with Gasteiger partial charge in [-0.25, -0.2) is 0 Å². The normalized spacial score (nSPS) is 17.0. The Morgan fingerprint density at radius 1 is 1.36 bits per heavy atom. The lowest BCUT2D eigenvalue weighted by Gasteiger charge is -2.30. The number of benzene rings is 1. The molecule has 0 aliphatic heterocycles. The van der Waals surface area contributed by atoms with E-state index in [2.05, 4.69) is 5.32 Å². The molecule has 1 atom stereocenters. The highest BCUT2D eigenvalue weighted by atomic mass is 16.5. The molecule has 122 valence electrons. The fraction of sp³-hybridized carbons (Fsp3) is 0.611. The van der Waals surface area contributed by atoms with Crippen LogP contribution in [0.4, 0.5) is 0 Å². The van der Waals surface area contributed by atoms with E-state index in [1.165, 1.54) is 19.3 Å². The van der Waals surface area contributed by atoms with Crippen LogP contribution < -0.4 is 10.1 Å². The average molecular weight is 305 g/mol. The number of hydrogen-bond donors (Lipinski definition) is 2. The Hall–Kier alpha value is -1.55. The fourth-order valence-corrected chi connectivity index (χ4v) is 3.37. The number of carbonyl (C=O) groups is 1. The second-order valence-corrected chi connectivity index (χ2v) is 6.17. The minimum Gasteiger partial charge on any atom is -0.497 e. The summed E-state index contributed by atoms with van der Waals surface area (Å²) in [5.41, 5.74) is 1.59. The summed E-state index contributed by atoms with van der Waals surface area (Å²) >= 11 is 0. The first-order chi connectivity index (χ1) is 10.7. The summed E-state index contributed by atoms with van der Waals surface area (Å²) in [6.45, 7) is 2.03. The maximum atomic E-state index is 12.6. The van der Waals surface area contributed by atoms with Crippen LogP contribution in [0.2, 0.25) is 0 Å². The molecule has 1 unspecified atom stereocenters. The molecule has 2 N–H and O–H groups in total. The van der Waals surface area contributed by atoms with Crippen molar-refractivity contribution in [1.29, 1.82) is 0 Å². The first kappa shape index (κ1) is 16.8. The molecule has 0 radical (unpaired) electrons. The SMILES string of the molecule is COc1ccc(C(=O)NC(CCO)C2CCCCC2)c(C)c1. The molecule has 0 aromatic heterocycles. The van der Waals surface area contributed by atoms with Gasteiger partial charge in [-0.15, -0.1) is 0 Å². The number of ether oxygens (including phenoxy) is 1. The Bertz CT molecular complexity index is 495. The molecule has 0 saturated heterocycles. The Balaban J connectivity index is 2.06. The number of methoxy groups -OCH3 is 1. The Labute approximate surface area is 132 Å². The topological polar surface area (TPSA) is 58.6 Å². The summed E-state index contributed by atoms with van der Waals surface area (Å²) in [5, 5.41) is 12.4. The van der Waals surface area contributed by atoms with Gasteiger partial charge in [-0.3, -0.25) is 4.79 Å². The second kappa shape index (κ2) is 8.18. The lowest BCUT2D eigenvalue weighted by atomic mass is 9.82. The van der Waals surface area contributed by atoms with E-state index in [1.54, 1.807) is 13.2 Å². The van der Waals surface area contributed by atoms with E-state index < -0.39 is 0 Å². The molecule has 1 saturated carbocycles. The van der Waals surface area contributed by atoms with E-state index in [4.69, 9.17) is 4.74 Å². The summed E-state index contributed by atoms with van der Waals surface area (Å²) in [4.78, 5) is 12.6. The molecule has 1 aliphatic rings. The van der Waals surface area contributed by atoms with Crippen molar-refractivity contribution in [3.8, 4) is 5.75 Å². The van der Waals surface area contributed by atoms with Gasteiger partial charge in [0, 0.05) is 18.2 Å². The molecular weight excluding hydrogens is 278 g/mol. The van der Waals surface area contributed by atoms with Crippen LogP contribution in [-0.2, 0) is 0 Å². The van der Waals surface area contributed by atoms with Gasteiger partial charge < -0.3 is 15.2 Å². The van der Waals surface area contributed by atoms with Gasteiger partial charge in [-0.2, -0.15) is 0 Å². The number of hydrogen-bond acceptors (Lipinski definition) is 3. The molecule has 0 spiro atoms. The smallest absolute Gasteiger partial charge is 0.251 e. The molecule has 1 amide bonds. The van der Waals surface area contributed by atoms with Crippen molar-refractivity contribution in [3.63, 3.8) is 0 Å². The molecule has 1 aromatic carbocycles. The third-order valence-electron chi connectivity index (χ3n) is 4.65. The van der Waals surface area contributed by atoms with Crippen LogP contribution in [-0.4, -0.2) is 30.8 Å². The highest BCUT2D eigenvalue weighted by Crippen LogP contribution is 2.28. The van der Waals surface area contributed by atoms with Gasteiger partial charge in [0.1, 0.15) is 5.75 Å². The fourth-order valence-electron chi connectivity index (χ4n) is 3.37. The van der Waals surface area contributed by atoms with Crippen LogP contribution in [0.5, 0.6) is 5.75 Å². The summed E-state index contributed by atoms with van der Waals surface area (Å²) in [7, 11) is 1.62. The summed E-state index contributed by atoms with van der Waals surface area (Å²) in [6.07, 6.45) is 6.66. The van der Waals surface area contributed by atoms with Crippen molar-refractivity contribution in [2.45, 2.75) is 51.5 Å². The Morgan fingerprint density at radius 3 is 2.68 bits per heavy atom. The predicted molar refractivity (Wildman–Crippen MR) is 87.3 cm³/mol. The van der Waals surface area contributed by atoms with Crippen molar-refractivity contribution < 1.29 is 14.6 Å². The van der Waals surface area contributed by atoms with Crippen LogP contribution in [0.3, 0.4) is 0 Å². The molecule has 1 aliphatic carbocycles. The first-order valence-corrected chi connectivity index (χ1v) is 8.22. The van der Waals surface area contributed by atoms with Crippen LogP contribution in [0.15, 0.2) is 18.2 Å². The van der Waals surface area contributed by atoms with E-state index in [-0.39, 0.29) is 18.6 Å². The standard InChI is InChI=1S/C18H27NO3/c1-13-12-15(22-2)8-9-16(13)18(21)19-17(10-11-20)14-6-4-3-5-7-14/h8-9,12,14,17,20H,3-7,10-11H2,1-2H3,(H,19,21). The zero-order chi connectivity index (χ0) is 15.9. The van der Waals surface area contributed by atoms with Crippen molar-refractivity contribution in [3.05, 3.63) is 29.3 Å². The highest BCUT2D eigenvalue weighted by Gasteiger charge is 2.25. The zero-order valence-electron chi connectivity index (χ0n) is 13.6. The average Bonchev–Trinajstić information content (AvgIpc) is 2.55. The van der Waals surface area contributed by atoms with Gasteiger partial charge in [-0.1, -0.05) is 19.3 Å².